The van der Waals surface area contributed by atoms with Crippen LogP contribution in [-0.2, 0) is 19.0 Å². The van der Waals surface area contributed by atoms with Crippen molar-refractivity contribution in [1.82, 2.24) is 0 Å². The number of carbonyl (C=O) groups is 1. The number of ether oxygens (including phenoxy) is 3. The van der Waals surface area contributed by atoms with Gasteiger partial charge < -0.3 is 39.7 Å². The Bertz CT molecular complexity index is 1000. The third-order valence-electron chi connectivity index (χ3n) is 12.3. The first-order chi connectivity index (χ1) is 17.8. The van der Waals surface area contributed by atoms with Crippen molar-refractivity contribution in [3.63, 3.8) is 0 Å². The van der Waals surface area contributed by atoms with Crippen molar-refractivity contribution < 1.29 is 44.5 Å². The predicted octanol–water partition coefficient (Wildman–Crippen LogP) is 1.57. The standard InChI is InChI=1S/C29H44O9/c1-15-22(31)23(32)24(33)25(37-15)38-18-6-8-26(2)16(12-18)4-5-20-19(26)7-9-27(3)28(34,10-11-29(20,27)35)17-13-21(30)36-14-17/h13,15-16,18-20,22-25,31-35H,4-12,14H2,1-3H3/t15-,16+,18+,19+,20-,22-,23-,24-,25+,26+,27-,28+,29+/m1/s1. The maximum Gasteiger partial charge on any atom is 0.331 e. The average Bonchev–Trinajstić information content (AvgIpc) is 3.41. The van der Waals surface area contributed by atoms with Crippen LogP contribution in [0.2, 0.25) is 0 Å². The molecule has 13 atom stereocenters. The largest absolute Gasteiger partial charge is 0.458 e. The fourth-order valence-electron chi connectivity index (χ4n) is 9.77. The zero-order chi connectivity index (χ0) is 27.3. The van der Waals surface area contributed by atoms with Gasteiger partial charge in [-0.3, -0.25) is 0 Å². The molecule has 0 aromatic heterocycles. The summed E-state index contributed by atoms with van der Waals surface area (Å²) < 4.78 is 17.0. The zero-order valence-corrected chi connectivity index (χ0v) is 22.7. The summed E-state index contributed by atoms with van der Waals surface area (Å²) in [5.74, 6) is 0.382. The van der Waals surface area contributed by atoms with Crippen LogP contribution in [0.4, 0.5) is 0 Å². The van der Waals surface area contributed by atoms with Gasteiger partial charge in [0.05, 0.1) is 23.4 Å². The van der Waals surface area contributed by atoms with Crippen molar-refractivity contribution in [2.75, 3.05) is 6.61 Å². The molecule has 0 spiro atoms. The highest BCUT2D eigenvalue weighted by Crippen LogP contribution is 2.71. The summed E-state index contributed by atoms with van der Waals surface area (Å²) >= 11 is 0. The van der Waals surface area contributed by atoms with E-state index < -0.39 is 53.3 Å². The molecule has 5 N–H and O–H groups in total. The van der Waals surface area contributed by atoms with Crippen LogP contribution >= 0.6 is 0 Å². The van der Waals surface area contributed by atoms with Crippen molar-refractivity contribution in [1.29, 1.82) is 0 Å². The highest BCUT2D eigenvalue weighted by Gasteiger charge is 2.72. The number of hydrogen-bond donors (Lipinski definition) is 5. The number of fused-ring (bicyclic) bond motifs is 5. The first-order valence-corrected chi connectivity index (χ1v) is 14.5. The Labute approximate surface area is 224 Å². The lowest BCUT2D eigenvalue weighted by Crippen LogP contribution is -2.65. The van der Waals surface area contributed by atoms with Crippen LogP contribution in [0, 0.1) is 28.6 Å². The van der Waals surface area contributed by atoms with E-state index in [1.165, 1.54) is 6.08 Å². The van der Waals surface area contributed by atoms with E-state index in [-0.39, 0.29) is 24.0 Å². The minimum atomic E-state index is -1.31. The van der Waals surface area contributed by atoms with Crippen molar-refractivity contribution in [2.24, 2.45) is 28.6 Å². The van der Waals surface area contributed by atoms with E-state index in [4.69, 9.17) is 14.2 Å². The summed E-state index contributed by atoms with van der Waals surface area (Å²) in [4.78, 5) is 11.8. The summed E-state index contributed by atoms with van der Waals surface area (Å²) in [6.45, 7) is 6.14. The van der Waals surface area contributed by atoms with Crippen LogP contribution in [-0.4, -0.2) is 86.1 Å². The second kappa shape index (κ2) is 8.96. The molecular formula is C29H44O9. The van der Waals surface area contributed by atoms with E-state index in [1.807, 2.05) is 6.92 Å². The smallest absolute Gasteiger partial charge is 0.331 e. The van der Waals surface area contributed by atoms with E-state index in [0.717, 1.165) is 38.5 Å². The Morgan fingerprint density at radius 3 is 2.39 bits per heavy atom. The molecule has 214 valence electrons. The molecule has 6 rings (SSSR count). The van der Waals surface area contributed by atoms with Gasteiger partial charge >= 0.3 is 5.97 Å². The molecule has 4 saturated carbocycles. The van der Waals surface area contributed by atoms with Gasteiger partial charge in [-0.1, -0.05) is 13.8 Å². The first-order valence-electron chi connectivity index (χ1n) is 14.5. The van der Waals surface area contributed by atoms with Crippen molar-refractivity contribution in [3.8, 4) is 0 Å². The van der Waals surface area contributed by atoms with E-state index >= 15 is 0 Å². The lowest BCUT2D eigenvalue weighted by molar-refractivity contribution is -0.310. The van der Waals surface area contributed by atoms with E-state index in [9.17, 15) is 30.3 Å². The molecule has 0 amide bonds. The molecule has 2 heterocycles. The summed E-state index contributed by atoms with van der Waals surface area (Å²) in [7, 11) is 0. The van der Waals surface area contributed by atoms with Crippen LogP contribution < -0.4 is 0 Å². The molecule has 6 aliphatic rings. The number of esters is 1. The maximum atomic E-state index is 12.4. The summed E-state index contributed by atoms with van der Waals surface area (Å²) in [6, 6.07) is 0. The van der Waals surface area contributed by atoms with E-state index in [1.54, 1.807) is 6.92 Å². The normalized spacial score (nSPS) is 56.5. The number of cyclic esters (lactones) is 1. The molecule has 5 fully saturated rings. The van der Waals surface area contributed by atoms with E-state index in [2.05, 4.69) is 6.92 Å². The van der Waals surface area contributed by atoms with Crippen LogP contribution in [0.1, 0.15) is 78.6 Å². The van der Waals surface area contributed by atoms with Gasteiger partial charge in [-0.05, 0) is 87.9 Å². The van der Waals surface area contributed by atoms with Gasteiger partial charge in [0.15, 0.2) is 6.29 Å². The van der Waals surface area contributed by atoms with Gasteiger partial charge in [0.25, 0.3) is 0 Å². The highest BCUT2D eigenvalue weighted by molar-refractivity contribution is 5.86. The first kappa shape index (κ1) is 27.1. The summed E-state index contributed by atoms with van der Waals surface area (Å²) in [6.07, 6.45) is 2.89. The number of carbonyl (C=O) groups excluding carboxylic acids is 1. The molecular weight excluding hydrogens is 492 g/mol. The Balaban J connectivity index is 1.18. The molecule has 1 saturated heterocycles. The summed E-state index contributed by atoms with van der Waals surface area (Å²) in [5, 5.41) is 54.9. The zero-order valence-electron chi connectivity index (χ0n) is 22.7. The Morgan fingerprint density at radius 2 is 1.68 bits per heavy atom. The fraction of sp³-hybridized carbons (Fsp3) is 0.897. The fourth-order valence-corrected chi connectivity index (χ4v) is 9.77. The lowest BCUT2D eigenvalue weighted by Gasteiger charge is -2.64. The minimum absolute atomic E-state index is 0.0291. The Kier molecular flexibility index (Phi) is 6.40. The van der Waals surface area contributed by atoms with E-state index in [0.29, 0.717) is 36.7 Å². The van der Waals surface area contributed by atoms with Gasteiger partial charge in [0.2, 0.25) is 0 Å². The number of aliphatic hydroxyl groups excluding tert-OH is 3. The molecule has 0 aromatic carbocycles. The van der Waals surface area contributed by atoms with Crippen LogP contribution in [0.15, 0.2) is 11.6 Å². The molecule has 0 unspecified atom stereocenters. The molecule has 9 heteroatoms. The van der Waals surface area contributed by atoms with Crippen molar-refractivity contribution in [3.05, 3.63) is 11.6 Å². The van der Waals surface area contributed by atoms with Crippen molar-refractivity contribution in [2.45, 2.75) is 127 Å². The van der Waals surface area contributed by atoms with Gasteiger partial charge in [0, 0.05) is 17.1 Å². The molecule has 9 nitrogen and oxygen atoms in total. The van der Waals surface area contributed by atoms with Crippen molar-refractivity contribution >= 4 is 5.97 Å². The predicted molar refractivity (Wildman–Crippen MR) is 134 cm³/mol. The third kappa shape index (κ3) is 3.58. The number of aliphatic hydroxyl groups is 5. The molecule has 38 heavy (non-hydrogen) atoms. The van der Waals surface area contributed by atoms with Gasteiger partial charge in [-0.25, -0.2) is 4.79 Å². The molecule has 0 radical (unpaired) electrons. The second-order valence-corrected chi connectivity index (χ2v) is 13.6. The quantitative estimate of drug-likeness (QED) is 0.268. The van der Waals surface area contributed by atoms with Crippen LogP contribution in [0.5, 0.6) is 0 Å². The second-order valence-electron chi connectivity index (χ2n) is 13.6. The number of hydrogen-bond acceptors (Lipinski definition) is 9. The monoisotopic (exact) mass is 536 g/mol. The van der Waals surface area contributed by atoms with Crippen LogP contribution in [0.25, 0.3) is 0 Å². The lowest BCUT2D eigenvalue weighted by atomic mass is 9.42. The number of rotatable bonds is 3. The topological polar surface area (TPSA) is 146 Å². The third-order valence-corrected chi connectivity index (χ3v) is 12.3. The molecule has 2 aliphatic heterocycles. The van der Waals surface area contributed by atoms with Gasteiger partial charge in [-0.15, -0.1) is 0 Å². The Morgan fingerprint density at radius 1 is 0.921 bits per heavy atom. The molecule has 4 aliphatic carbocycles. The average molecular weight is 537 g/mol. The van der Waals surface area contributed by atoms with Crippen LogP contribution in [0.3, 0.4) is 0 Å². The molecule has 0 bridgehead atoms. The van der Waals surface area contributed by atoms with Gasteiger partial charge in [-0.2, -0.15) is 0 Å². The SMILES string of the molecule is C[C@H]1O[C@@H](O[C@H]2CC[C@@]3(C)[C@@H](CC[C@@H]4[C@@H]3CC[C@]3(C)[C@@](O)(C5=CC(=O)OC5)CC[C@]43O)C2)[C@H](O)[C@H](O)[C@@H]1O. The Hall–Kier alpha value is -1.07. The maximum absolute atomic E-state index is 12.4. The minimum Gasteiger partial charge on any atom is -0.458 e. The van der Waals surface area contributed by atoms with Gasteiger partial charge in [0.1, 0.15) is 24.9 Å². The summed E-state index contributed by atoms with van der Waals surface area (Å²) in [5.41, 5.74) is -2.34. The highest BCUT2D eigenvalue weighted by atomic mass is 16.7. The molecule has 0 aromatic rings.